The van der Waals surface area contributed by atoms with Crippen molar-refractivity contribution in [1.29, 1.82) is 0 Å². The first-order valence-corrected chi connectivity index (χ1v) is 6.96. The number of H-pyrrole nitrogens is 1. The van der Waals surface area contributed by atoms with E-state index in [4.69, 9.17) is 11.6 Å². The maximum absolute atomic E-state index is 6.20. The Labute approximate surface area is 120 Å². The molecule has 5 heteroatoms. The molecule has 0 saturated carbocycles. The zero-order valence-corrected chi connectivity index (χ0v) is 12.6. The number of aromatic amines is 1. The number of halogens is 2. The number of hydrogen-bond donors (Lipinski definition) is 2. The lowest BCUT2D eigenvalue weighted by Crippen LogP contribution is -2.21. The molecule has 0 unspecified atom stereocenters. The lowest BCUT2D eigenvalue weighted by Gasteiger charge is -2.04. The Kier molecular flexibility index (Phi) is 4.43. The highest BCUT2D eigenvalue weighted by molar-refractivity contribution is 9.10. The summed E-state index contributed by atoms with van der Waals surface area (Å²) in [6.45, 7) is 5.00. The molecule has 2 N–H and O–H groups in total. The molecule has 96 valence electrons. The van der Waals surface area contributed by atoms with Gasteiger partial charge in [0.15, 0.2) is 0 Å². The SMILES string of the molecule is CC(C)NCc1cc(-c2ccc(Br)cc2Cl)n[nH]1. The summed E-state index contributed by atoms with van der Waals surface area (Å²) in [5, 5.41) is 11.3. The van der Waals surface area contributed by atoms with Gasteiger partial charge in [0.05, 0.1) is 10.7 Å². The van der Waals surface area contributed by atoms with Gasteiger partial charge in [-0.1, -0.05) is 47.4 Å². The largest absolute Gasteiger partial charge is 0.309 e. The van der Waals surface area contributed by atoms with Crippen molar-refractivity contribution in [1.82, 2.24) is 15.5 Å². The van der Waals surface area contributed by atoms with E-state index in [1.165, 1.54) is 0 Å². The Balaban J connectivity index is 2.18. The molecule has 18 heavy (non-hydrogen) atoms. The average molecular weight is 329 g/mol. The van der Waals surface area contributed by atoms with Crippen LogP contribution in [0.15, 0.2) is 28.7 Å². The lowest BCUT2D eigenvalue weighted by atomic mass is 10.1. The molecule has 2 aromatic rings. The van der Waals surface area contributed by atoms with Gasteiger partial charge in [0.25, 0.3) is 0 Å². The Bertz CT molecular complexity index is 537. The van der Waals surface area contributed by atoms with Gasteiger partial charge >= 0.3 is 0 Å². The molecule has 0 spiro atoms. The van der Waals surface area contributed by atoms with Crippen LogP contribution in [0.25, 0.3) is 11.3 Å². The molecule has 0 aliphatic carbocycles. The molecule has 1 aromatic carbocycles. The highest BCUT2D eigenvalue weighted by Crippen LogP contribution is 2.29. The first-order valence-electron chi connectivity index (χ1n) is 5.79. The molecule has 1 aromatic heterocycles. The lowest BCUT2D eigenvalue weighted by molar-refractivity contribution is 0.580. The summed E-state index contributed by atoms with van der Waals surface area (Å²) in [6.07, 6.45) is 0. The Hall–Kier alpha value is -0.840. The van der Waals surface area contributed by atoms with Gasteiger partial charge in [-0.25, -0.2) is 0 Å². The molecule has 0 atom stereocenters. The van der Waals surface area contributed by atoms with E-state index < -0.39 is 0 Å². The normalized spacial score (nSPS) is 11.2. The molecule has 0 radical (unpaired) electrons. The standard InChI is InChI=1S/C13H15BrClN3/c1-8(2)16-7-10-6-13(18-17-10)11-4-3-9(14)5-12(11)15/h3-6,8,16H,7H2,1-2H3,(H,17,18). The van der Waals surface area contributed by atoms with Crippen LogP contribution in [-0.4, -0.2) is 16.2 Å². The molecular weight excluding hydrogens is 314 g/mol. The predicted octanol–water partition coefficient (Wildman–Crippen LogP) is 3.99. The number of hydrogen-bond acceptors (Lipinski definition) is 2. The maximum atomic E-state index is 6.20. The second kappa shape index (κ2) is 5.87. The van der Waals surface area contributed by atoms with E-state index in [1.54, 1.807) is 0 Å². The number of aromatic nitrogens is 2. The highest BCUT2D eigenvalue weighted by Gasteiger charge is 2.08. The highest BCUT2D eigenvalue weighted by atomic mass is 79.9. The fraction of sp³-hybridized carbons (Fsp3) is 0.308. The molecule has 0 fully saturated rings. The Morgan fingerprint density at radius 3 is 2.83 bits per heavy atom. The summed E-state index contributed by atoms with van der Waals surface area (Å²) in [6, 6.07) is 8.26. The van der Waals surface area contributed by atoms with Gasteiger partial charge in [-0.3, -0.25) is 5.10 Å². The zero-order valence-electron chi connectivity index (χ0n) is 10.3. The van der Waals surface area contributed by atoms with E-state index in [1.807, 2.05) is 24.3 Å². The van der Waals surface area contributed by atoms with Gasteiger partial charge in [-0.05, 0) is 18.2 Å². The second-order valence-electron chi connectivity index (χ2n) is 4.44. The van der Waals surface area contributed by atoms with Crippen molar-refractivity contribution in [2.24, 2.45) is 0 Å². The Morgan fingerprint density at radius 2 is 2.17 bits per heavy atom. The second-order valence-corrected chi connectivity index (χ2v) is 5.76. The van der Waals surface area contributed by atoms with Gasteiger partial charge in [-0.15, -0.1) is 0 Å². The van der Waals surface area contributed by atoms with E-state index in [0.717, 1.165) is 28.0 Å². The van der Waals surface area contributed by atoms with Crippen molar-refractivity contribution in [2.75, 3.05) is 0 Å². The van der Waals surface area contributed by atoms with E-state index in [9.17, 15) is 0 Å². The maximum Gasteiger partial charge on any atom is 0.0939 e. The van der Waals surface area contributed by atoms with E-state index >= 15 is 0 Å². The van der Waals surface area contributed by atoms with E-state index in [0.29, 0.717) is 11.1 Å². The molecule has 2 rings (SSSR count). The minimum atomic E-state index is 0.452. The van der Waals surface area contributed by atoms with Crippen LogP contribution in [0, 0.1) is 0 Å². The van der Waals surface area contributed by atoms with Crippen LogP contribution in [0.5, 0.6) is 0 Å². The Morgan fingerprint density at radius 1 is 1.39 bits per heavy atom. The van der Waals surface area contributed by atoms with Crippen LogP contribution in [0.4, 0.5) is 0 Å². The molecule has 0 bridgehead atoms. The first kappa shape index (κ1) is 13.6. The van der Waals surface area contributed by atoms with Crippen LogP contribution < -0.4 is 5.32 Å². The van der Waals surface area contributed by atoms with Crippen molar-refractivity contribution in [3.63, 3.8) is 0 Å². The van der Waals surface area contributed by atoms with Gasteiger partial charge in [0.1, 0.15) is 0 Å². The fourth-order valence-electron chi connectivity index (χ4n) is 1.60. The molecule has 0 saturated heterocycles. The summed E-state index contributed by atoms with van der Waals surface area (Å²) in [4.78, 5) is 0. The monoisotopic (exact) mass is 327 g/mol. The van der Waals surface area contributed by atoms with Crippen LogP contribution in [0.3, 0.4) is 0 Å². The van der Waals surface area contributed by atoms with Crippen LogP contribution in [0.1, 0.15) is 19.5 Å². The van der Waals surface area contributed by atoms with Crippen LogP contribution in [0.2, 0.25) is 5.02 Å². The van der Waals surface area contributed by atoms with Gasteiger partial charge in [0, 0.05) is 28.3 Å². The molecule has 0 aliphatic heterocycles. The zero-order chi connectivity index (χ0) is 13.1. The topological polar surface area (TPSA) is 40.7 Å². The molecule has 3 nitrogen and oxygen atoms in total. The summed E-state index contributed by atoms with van der Waals surface area (Å²) in [5.74, 6) is 0. The third-order valence-electron chi connectivity index (χ3n) is 2.54. The minimum Gasteiger partial charge on any atom is -0.309 e. The van der Waals surface area contributed by atoms with Crippen molar-refractivity contribution < 1.29 is 0 Å². The quantitative estimate of drug-likeness (QED) is 0.891. The third-order valence-corrected chi connectivity index (χ3v) is 3.34. The number of rotatable bonds is 4. The summed E-state index contributed by atoms with van der Waals surface area (Å²) < 4.78 is 0.966. The molecule has 0 amide bonds. The van der Waals surface area contributed by atoms with E-state index in [-0.39, 0.29) is 0 Å². The number of benzene rings is 1. The van der Waals surface area contributed by atoms with Crippen molar-refractivity contribution in [2.45, 2.75) is 26.4 Å². The van der Waals surface area contributed by atoms with Gasteiger partial charge in [-0.2, -0.15) is 5.10 Å². The van der Waals surface area contributed by atoms with E-state index in [2.05, 4.69) is 45.3 Å². The first-order chi connectivity index (χ1) is 8.56. The summed E-state index contributed by atoms with van der Waals surface area (Å²) in [5.41, 5.74) is 2.86. The third kappa shape index (κ3) is 3.34. The van der Waals surface area contributed by atoms with Crippen LogP contribution >= 0.6 is 27.5 Å². The van der Waals surface area contributed by atoms with Gasteiger partial charge < -0.3 is 5.32 Å². The number of nitrogens with one attached hydrogen (secondary N) is 2. The fourth-order valence-corrected chi connectivity index (χ4v) is 2.37. The molecular formula is C13H15BrClN3. The minimum absolute atomic E-state index is 0.452. The van der Waals surface area contributed by atoms with Crippen molar-refractivity contribution in [3.8, 4) is 11.3 Å². The molecule has 1 heterocycles. The van der Waals surface area contributed by atoms with Crippen LogP contribution in [-0.2, 0) is 6.54 Å². The van der Waals surface area contributed by atoms with Crippen molar-refractivity contribution in [3.05, 3.63) is 39.5 Å². The number of nitrogens with zero attached hydrogens (tertiary/aromatic N) is 1. The smallest absolute Gasteiger partial charge is 0.0939 e. The molecule has 0 aliphatic rings. The van der Waals surface area contributed by atoms with Crippen molar-refractivity contribution >= 4 is 27.5 Å². The predicted molar refractivity (Wildman–Crippen MR) is 78.7 cm³/mol. The average Bonchev–Trinajstić information content (AvgIpc) is 2.75. The summed E-state index contributed by atoms with van der Waals surface area (Å²) in [7, 11) is 0. The van der Waals surface area contributed by atoms with Gasteiger partial charge in [0.2, 0.25) is 0 Å². The summed E-state index contributed by atoms with van der Waals surface area (Å²) >= 11 is 9.59.